The fourth-order valence-electron chi connectivity index (χ4n) is 14.7. The fourth-order valence-corrected chi connectivity index (χ4v) is 16.2. The number of carbonyl (C=O) groups excluding carboxylic acids is 9. The molecule has 0 bridgehead atoms. The largest absolute Gasteiger partial charge is 0.472 e. The summed E-state index contributed by atoms with van der Waals surface area (Å²) in [6.45, 7) is 14.4. The number of aromatic nitrogens is 1. The number of carbonyl (C=O) groups is 7. The quantitative estimate of drug-likeness (QED) is 0.0217. The van der Waals surface area contributed by atoms with E-state index in [4.69, 9.17) is 37.2 Å². The predicted molar refractivity (Wildman–Crippen MR) is 490 cm³/mol. The Morgan fingerprint density at radius 1 is 0.447 bits per heavy atom. The van der Waals surface area contributed by atoms with Gasteiger partial charge in [0.15, 0.2) is 5.78 Å². The Bertz CT molecular complexity index is 3090. The van der Waals surface area contributed by atoms with Crippen molar-refractivity contribution in [2.45, 2.75) is 438 Å². The molecule has 0 aliphatic heterocycles. The maximum atomic E-state index is 13.3. The molecule has 0 saturated carbocycles. The number of ether oxygens (including phenoxy) is 2. The van der Waals surface area contributed by atoms with Gasteiger partial charge in [-0.15, -0.1) is 0 Å². The SMILES string of the molecule is CCCCCCCCCCCCCC(=O)N[C@H](COCC[C@@H](CCCCCCC)OC)COP(=O)(O)OCCNC(=O)[C@H](CC)NC(=O)Cc1c[nH]c2ccccc12.CCCCCCCCCCCCCCCCCCCC(=O)N[C@@H](COP(=O)(O)OCCNC(=O)[C@@H](NC(C)=O)C(C)C)C(=O)CCCC(O)CCCCCCCCCCCCC.O=C=O. The van der Waals surface area contributed by atoms with Gasteiger partial charge in [0.05, 0.1) is 57.7 Å². The molecule has 0 saturated heterocycles. The normalized spacial score (nSPS) is 13.8. The summed E-state index contributed by atoms with van der Waals surface area (Å²) >= 11 is 0. The van der Waals surface area contributed by atoms with Crippen LogP contribution in [0, 0.1) is 5.92 Å². The Kier molecular flexibility index (Phi) is 77.8. The lowest BCUT2D eigenvalue weighted by molar-refractivity contribution is -0.192. The van der Waals surface area contributed by atoms with Gasteiger partial charge in [-0.25, -0.2) is 9.13 Å². The molecule has 0 aliphatic carbocycles. The number of para-hydroxylation sites is 1. The molecular weight excluding hydrogens is 1610 g/mol. The fraction of sp³-hybridized carbons (Fsp3) is 0.830. The molecule has 29 heteroatoms. The maximum absolute atomic E-state index is 13.3. The number of hydrogen-bond acceptors (Lipinski definition) is 18. The van der Waals surface area contributed by atoms with Crippen LogP contribution < -0.4 is 31.9 Å². The van der Waals surface area contributed by atoms with Crippen LogP contribution in [0.1, 0.15) is 401 Å². The van der Waals surface area contributed by atoms with E-state index in [2.05, 4.69) is 64.6 Å². The van der Waals surface area contributed by atoms with E-state index in [-0.39, 0.29) is 106 Å². The van der Waals surface area contributed by atoms with E-state index in [9.17, 15) is 57.6 Å². The second-order valence-corrected chi connectivity index (χ2v) is 36.6. The summed E-state index contributed by atoms with van der Waals surface area (Å²) in [6, 6.07) is 4.31. The average molecular weight is 1780 g/mol. The number of methoxy groups -OCH3 is 1. The summed E-state index contributed by atoms with van der Waals surface area (Å²) < 4.78 is 57.8. The average Bonchev–Trinajstić information content (AvgIpc) is 1.69. The third-order valence-electron chi connectivity index (χ3n) is 22.1. The molecule has 27 nitrogen and oxygen atoms in total. The van der Waals surface area contributed by atoms with Gasteiger partial charge in [-0.1, -0.05) is 336 Å². The Morgan fingerprint density at radius 3 is 1.28 bits per heavy atom. The summed E-state index contributed by atoms with van der Waals surface area (Å²) in [6.07, 6.45) is 59.7. The number of benzene rings is 1. The molecule has 0 aliphatic rings. The van der Waals surface area contributed by atoms with E-state index in [0.717, 1.165) is 80.7 Å². The zero-order valence-corrected chi connectivity index (χ0v) is 79.7. The number of phosphoric acid groups is 2. The minimum atomic E-state index is -4.65. The summed E-state index contributed by atoms with van der Waals surface area (Å²) in [5, 5.41) is 27.7. The maximum Gasteiger partial charge on any atom is 0.472 e. The molecule has 0 radical (unpaired) electrons. The van der Waals surface area contributed by atoms with Crippen molar-refractivity contribution in [3.63, 3.8) is 0 Å². The molecule has 0 fully saturated rings. The standard InChI is InChI=1S/C49H96N3O9P.C44H77N4O9P.CO2/c1-6-8-10-12-14-16-18-19-20-21-22-23-25-27-29-31-33-38-47(56)52-45(41-61-62(58,59)60-40-39-50-49(57)48(42(3)4)51-43(5)53)46(55)37-34-36-44(54)35-32-30-28-26-24-17-15-13-11-9-7-2;1-5-8-10-12-13-14-15-16-17-19-21-27-42(49)47-37(34-55-30-28-38(54-4)24-20-18-11-9-6-2)35-57-58(52,53)56-31-29-45-44(51)40(7-3)48-43(50)32-36-33-46-41-26-23-22-25-39(36)41;2-1-3/h42,44-45,48,54H,6-41H2,1-5H3,(H,50,57)(H,51,53)(H,52,56)(H,58,59);22-23,25-26,33,37-38,40,46H,5-21,24,27-32,34-35H2,1-4H3,(H,45,51)(H,47,49)(H,48,50)(H,52,53);/t44?,45-,48-;37-,38-,40+;/m01./s1. The van der Waals surface area contributed by atoms with Gasteiger partial charge in [-0.3, -0.25) is 51.7 Å². The summed E-state index contributed by atoms with van der Waals surface area (Å²) in [4.78, 5) is 129. The molecule has 10 N–H and O–H groups in total. The monoisotopic (exact) mass is 1780 g/mol. The van der Waals surface area contributed by atoms with Crippen molar-refractivity contribution in [1.82, 2.24) is 36.9 Å². The topological polar surface area (TPSA) is 392 Å². The number of hydrogen-bond donors (Lipinski definition) is 10. The van der Waals surface area contributed by atoms with Crippen molar-refractivity contribution in [2.24, 2.45) is 5.92 Å². The first-order valence-corrected chi connectivity index (χ1v) is 51.1. The van der Waals surface area contributed by atoms with Crippen molar-refractivity contribution in [1.29, 1.82) is 0 Å². The van der Waals surface area contributed by atoms with Gasteiger partial charge < -0.3 is 61.3 Å². The second-order valence-electron chi connectivity index (χ2n) is 33.7. The predicted octanol–water partition coefficient (Wildman–Crippen LogP) is 20.0. The number of rotatable bonds is 83. The highest BCUT2D eigenvalue weighted by Crippen LogP contribution is 2.44. The van der Waals surface area contributed by atoms with Crippen molar-refractivity contribution in [3.8, 4) is 0 Å². The van der Waals surface area contributed by atoms with E-state index < -0.39 is 64.3 Å². The van der Waals surface area contributed by atoms with Crippen molar-refractivity contribution < 1.29 is 94.7 Å². The van der Waals surface area contributed by atoms with E-state index in [0.29, 0.717) is 51.6 Å². The summed E-state index contributed by atoms with van der Waals surface area (Å²) in [5.41, 5.74) is 1.76. The van der Waals surface area contributed by atoms with Crippen molar-refractivity contribution >= 4 is 73.9 Å². The van der Waals surface area contributed by atoms with Crippen LogP contribution in [-0.2, 0) is 86.3 Å². The Labute approximate surface area is 742 Å². The van der Waals surface area contributed by atoms with Crippen LogP contribution >= 0.6 is 15.6 Å². The number of nitrogens with one attached hydrogen (secondary N) is 7. The lowest BCUT2D eigenvalue weighted by atomic mass is 10.0. The first kappa shape index (κ1) is 118. The molecule has 8 atom stereocenters. The Hall–Kier alpha value is -5.27. The summed E-state index contributed by atoms with van der Waals surface area (Å²) in [5.74, 6) is -2.53. The van der Waals surface area contributed by atoms with Gasteiger partial charge in [0, 0.05) is 70.1 Å². The zero-order chi connectivity index (χ0) is 91.1. The molecule has 6 amide bonds. The van der Waals surface area contributed by atoms with E-state index in [1.54, 1.807) is 34.1 Å². The van der Waals surface area contributed by atoms with Crippen LogP contribution in [0.15, 0.2) is 30.5 Å². The van der Waals surface area contributed by atoms with Crippen LogP contribution in [0.25, 0.3) is 10.9 Å². The highest BCUT2D eigenvalue weighted by molar-refractivity contribution is 7.47. The lowest BCUT2D eigenvalue weighted by Gasteiger charge is -2.22. The molecule has 3 unspecified atom stereocenters. The van der Waals surface area contributed by atoms with Gasteiger partial charge in [0.2, 0.25) is 35.4 Å². The molecule has 123 heavy (non-hydrogen) atoms. The van der Waals surface area contributed by atoms with E-state index >= 15 is 0 Å². The number of Topliss-reactive ketones (excluding diaryl/α,β-unsaturated/α-hetero) is 1. The first-order chi connectivity index (χ1) is 59.4. The molecular formula is C94H173N7O20P2. The Balaban J connectivity index is 0.00000235. The smallest absolute Gasteiger partial charge is 0.393 e. The van der Waals surface area contributed by atoms with Crippen molar-refractivity contribution in [3.05, 3.63) is 36.0 Å². The number of H-pyrrole nitrogens is 1. The molecule has 0 spiro atoms. The zero-order valence-electron chi connectivity index (χ0n) is 77.9. The number of aliphatic hydroxyl groups excluding tert-OH is 1. The lowest BCUT2D eigenvalue weighted by Crippen LogP contribution is -2.49. The van der Waals surface area contributed by atoms with Crippen LogP contribution in [0.2, 0.25) is 0 Å². The third-order valence-corrected chi connectivity index (χ3v) is 24.1. The molecule has 1 heterocycles. The highest BCUT2D eigenvalue weighted by Gasteiger charge is 2.30. The first-order valence-electron chi connectivity index (χ1n) is 48.2. The van der Waals surface area contributed by atoms with Crippen LogP contribution in [0.5, 0.6) is 0 Å². The Morgan fingerprint density at radius 2 is 0.846 bits per heavy atom. The van der Waals surface area contributed by atoms with Crippen molar-refractivity contribution in [2.75, 3.05) is 59.8 Å². The summed E-state index contributed by atoms with van der Waals surface area (Å²) in [7, 11) is -7.48. The van der Waals surface area contributed by atoms with E-state index in [1.165, 1.54) is 225 Å². The van der Waals surface area contributed by atoms with E-state index in [1.807, 2.05) is 24.3 Å². The van der Waals surface area contributed by atoms with Crippen LogP contribution in [0.3, 0.4) is 0 Å². The number of amides is 6. The second kappa shape index (κ2) is 81.2. The molecule has 1 aromatic heterocycles. The van der Waals surface area contributed by atoms with Crippen LogP contribution in [0.4, 0.5) is 0 Å². The van der Waals surface area contributed by atoms with Gasteiger partial charge >= 0.3 is 21.8 Å². The molecule has 2 rings (SSSR count). The minimum Gasteiger partial charge on any atom is -0.393 e. The van der Waals surface area contributed by atoms with Gasteiger partial charge in [0.25, 0.3) is 0 Å². The highest BCUT2D eigenvalue weighted by atomic mass is 31.2. The third kappa shape index (κ3) is 70.4. The van der Waals surface area contributed by atoms with Crippen LogP contribution in [-0.4, -0.2) is 163 Å². The molecule has 714 valence electrons. The van der Waals surface area contributed by atoms with Gasteiger partial charge in [-0.05, 0) is 68.9 Å². The number of unbranched alkanes of at least 4 members (excludes halogenated alkanes) is 40. The number of ketones is 1. The number of phosphoric ester groups is 2. The number of aliphatic hydroxyl groups is 1. The number of aromatic amines is 1. The van der Waals surface area contributed by atoms with Gasteiger partial charge in [-0.2, -0.15) is 9.59 Å². The van der Waals surface area contributed by atoms with Gasteiger partial charge in [0.1, 0.15) is 18.1 Å². The molecule has 1 aromatic carbocycles. The molecule has 2 aromatic rings. The number of fused-ring (bicyclic) bond motifs is 1. The minimum absolute atomic E-state index is 0.0766.